The van der Waals surface area contributed by atoms with Crippen LogP contribution >= 0.6 is 0 Å². The summed E-state index contributed by atoms with van der Waals surface area (Å²) in [6, 6.07) is 5.61. The van der Waals surface area contributed by atoms with E-state index >= 15 is 0 Å². The number of aromatic nitrogens is 2. The largest absolute Gasteiger partial charge is 0.507 e. The van der Waals surface area contributed by atoms with E-state index < -0.39 is 6.10 Å². The minimum atomic E-state index is -0.539. The van der Waals surface area contributed by atoms with Crippen LogP contribution < -0.4 is 5.32 Å². The topological polar surface area (TPSA) is 87.5 Å². The van der Waals surface area contributed by atoms with Gasteiger partial charge in [-0.2, -0.15) is 0 Å². The summed E-state index contributed by atoms with van der Waals surface area (Å²) in [7, 11) is 0. The average Bonchev–Trinajstić information content (AvgIpc) is 2.91. The molecule has 1 saturated heterocycles. The molecule has 1 aromatic carbocycles. The molecule has 0 spiro atoms. The molecule has 0 radical (unpaired) electrons. The Kier molecular flexibility index (Phi) is 5.27. The molecule has 1 aromatic heterocycles. The molecule has 4 rings (SSSR count). The summed E-state index contributed by atoms with van der Waals surface area (Å²) in [5.41, 5.74) is 4.88. The number of anilines is 1. The molecular formula is C21H27N3O3. The maximum atomic E-state index is 10.5. The van der Waals surface area contributed by atoms with Crippen LogP contribution in [-0.2, 0) is 17.6 Å². The Balaban J connectivity index is 1.74. The highest BCUT2D eigenvalue weighted by Gasteiger charge is 2.27. The van der Waals surface area contributed by atoms with E-state index in [-0.39, 0.29) is 11.8 Å². The highest BCUT2D eigenvalue weighted by atomic mass is 16.5. The SMILES string of the molecule is Cc1ccc(-c2nnc(N[C@@H]3CCOC[C@H]3O)c3c2CCCCC3)c(O)c1. The van der Waals surface area contributed by atoms with Crippen LogP contribution in [0.4, 0.5) is 5.82 Å². The Bertz CT molecular complexity index is 825. The molecule has 0 bridgehead atoms. The molecule has 27 heavy (non-hydrogen) atoms. The lowest BCUT2D eigenvalue weighted by atomic mass is 9.96. The molecular weight excluding hydrogens is 342 g/mol. The number of benzene rings is 1. The molecule has 6 nitrogen and oxygen atoms in total. The zero-order valence-electron chi connectivity index (χ0n) is 15.7. The summed E-state index contributed by atoms with van der Waals surface area (Å²) in [6.45, 7) is 2.95. The Morgan fingerprint density at radius 2 is 1.93 bits per heavy atom. The number of nitrogens with one attached hydrogen (secondary N) is 1. The summed E-state index contributed by atoms with van der Waals surface area (Å²) < 4.78 is 5.33. The first-order chi connectivity index (χ1) is 13.1. The van der Waals surface area contributed by atoms with Crippen molar-refractivity contribution in [3.05, 3.63) is 34.9 Å². The van der Waals surface area contributed by atoms with Gasteiger partial charge in [-0.25, -0.2) is 0 Å². The number of aryl methyl sites for hydroxylation is 1. The van der Waals surface area contributed by atoms with Crippen molar-refractivity contribution in [3.8, 4) is 17.0 Å². The van der Waals surface area contributed by atoms with Gasteiger partial charge in [0.2, 0.25) is 0 Å². The zero-order chi connectivity index (χ0) is 18.8. The standard InChI is InChI=1S/C21H27N3O3/c1-13-7-8-16(18(25)11-13)20-14-5-3-2-4-6-15(14)21(24-23-20)22-17-9-10-27-12-19(17)26/h7-8,11,17,19,25-26H,2-6,9-10,12H2,1H3,(H,22,24)/t17-,19-/m1/s1. The number of nitrogens with zero attached hydrogens (tertiary/aromatic N) is 2. The first-order valence-corrected chi connectivity index (χ1v) is 9.84. The van der Waals surface area contributed by atoms with Gasteiger partial charge in [-0.3, -0.25) is 0 Å². The Morgan fingerprint density at radius 3 is 2.70 bits per heavy atom. The molecule has 0 saturated carbocycles. The summed E-state index contributed by atoms with van der Waals surface area (Å²) >= 11 is 0. The zero-order valence-corrected chi connectivity index (χ0v) is 15.7. The third-order valence-electron chi connectivity index (χ3n) is 5.60. The Morgan fingerprint density at radius 1 is 1.11 bits per heavy atom. The summed E-state index contributed by atoms with van der Waals surface area (Å²) in [6.07, 6.45) is 5.47. The van der Waals surface area contributed by atoms with Gasteiger partial charge in [0, 0.05) is 17.7 Å². The molecule has 2 atom stereocenters. The molecule has 1 fully saturated rings. The summed E-state index contributed by atoms with van der Waals surface area (Å²) in [5.74, 6) is 1.02. The lowest BCUT2D eigenvalue weighted by Crippen LogP contribution is -2.42. The fraction of sp³-hybridized carbons (Fsp3) is 0.524. The van der Waals surface area contributed by atoms with Gasteiger partial charge >= 0.3 is 0 Å². The maximum absolute atomic E-state index is 10.5. The van der Waals surface area contributed by atoms with Crippen molar-refractivity contribution >= 4 is 5.82 Å². The van der Waals surface area contributed by atoms with Gasteiger partial charge in [-0.15, -0.1) is 10.2 Å². The van der Waals surface area contributed by atoms with Gasteiger partial charge in [0.25, 0.3) is 0 Å². The number of aromatic hydroxyl groups is 1. The molecule has 6 heteroatoms. The quantitative estimate of drug-likeness (QED) is 0.721. The van der Waals surface area contributed by atoms with E-state index in [4.69, 9.17) is 4.74 Å². The van der Waals surface area contributed by atoms with Crippen LogP contribution in [0.2, 0.25) is 0 Å². The monoisotopic (exact) mass is 369 g/mol. The minimum absolute atomic E-state index is 0.0703. The molecule has 3 N–H and O–H groups in total. The Hall–Kier alpha value is -2.18. The lowest BCUT2D eigenvalue weighted by Gasteiger charge is -2.29. The molecule has 2 aromatic rings. The van der Waals surface area contributed by atoms with Crippen LogP contribution in [0.5, 0.6) is 5.75 Å². The molecule has 1 aliphatic carbocycles. The normalized spacial score (nSPS) is 22.7. The van der Waals surface area contributed by atoms with Crippen LogP contribution in [-0.4, -0.2) is 45.8 Å². The van der Waals surface area contributed by atoms with Crippen molar-refractivity contribution in [2.75, 3.05) is 18.5 Å². The first kappa shape index (κ1) is 18.2. The predicted octanol–water partition coefficient (Wildman–Crippen LogP) is 2.99. The summed E-state index contributed by atoms with van der Waals surface area (Å²) in [4.78, 5) is 0. The molecule has 2 aliphatic rings. The van der Waals surface area contributed by atoms with E-state index in [0.717, 1.165) is 54.7 Å². The smallest absolute Gasteiger partial charge is 0.152 e. The van der Waals surface area contributed by atoms with Gasteiger partial charge in [0.05, 0.1) is 18.8 Å². The summed E-state index contributed by atoms with van der Waals surface area (Å²) in [5, 5.41) is 33.1. The molecule has 144 valence electrons. The fourth-order valence-electron chi connectivity index (χ4n) is 4.07. The maximum Gasteiger partial charge on any atom is 0.152 e. The number of fused-ring (bicyclic) bond motifs is 1. The molecule has 1 aliphatic heterocycles. The lowest BCUT2D eigenvalue weighted by molar-refractivity contribution is -0.0135. The Labute approximate surface area is 159 Å². The second kappa shape index (κ2) is 7.82. The van der Waals surface area contributed by atoms with Crippen LogP contribution in [0.25, 0.3) is 11.3 Å². The van der Waals surface area contributed by atoms with Crippen LogP contribution in [0.3, 0.4) is 0 Å². The van der Waals surface area contributed by atoms with Gasteiger partial charge in [-0.1, -0.05) is 12.5 Å². The van der Waals surface area contributed by atoms with E-state index in [0.29, 0.717) is 13.2 Å². The van der Waals surface area contributed by atoms with Gasteiger partial charge < -0.3 is 20.3 Å². The van der Waals surface area contributed by atoms with E-state index in [9.17, 15) is 10.2 Å². The van der Waals surface area contributed by atoms with E-state index in [1.54, 1.807) is 6.07 Å². The van der Waals surface area contributed by atoms with Gasteiger partial charge in [0.15, 0.2) is 5.82 Å². The van der Waals surface area contributed by atoms with Crippen molar-refractivity contribution < 1.29 is 14.9 Å². The predicted molar refractivity (Wildman–Crippen MR) is 104 cm³/mol. The van der Waals surface area contributed by atoms with Crippen LogP contribution in [0.1, 0.15) is 42.4 Å². The van der Waals surface area contributed by atoms with Crippen molar-refractivity contribution in [2.45, 2.75) is 57.6 Å². The number of phenols is 1. The van der Waals surface area contributed by atoms with Crippen molar-refractivity contribution in [1.29, 1.82) is 0 Å². The van der Waals surface area contributed by atoms with Gasteiger partial charge in [-0.05, 0) is 62.3 Å². The number of phenolic OH excluding ortho intramolecular Hbond substituents is 1. The van der Waals surface area contributed by atoms with Crippen molar-refractivity contribution in [3.63, 3.8) is 0 Å². The van der Waals surface area contributed by atoms with Crippen LogP contribution in [0.15, 0.2) is 18.2 Å². The number of rotatable bonds is 3. The second-order valence-corrected chi connectivity index (χ2v) is 7.62. The first-order valence-electron chi connectivity index (χ1n) is 9.84. The van der Waals surface area contributed by atoms with Crippen molar-refractivity contribution in [2.24, 2.45) is 0 Å². The van der Waals surface area contributed by atoms with Gasteiger partial charge in [0.1, 0.15) is 11.4 Å². The number of hydrogen-bond donors (Lipinski definition) is 3. The number of hydrogen-bond acceptors (Lipinski definition) is 6. The molecule has 2 heterocycles. The van der Waals surface area contributed by atoms with E-state index in [2.05, 4.69) is 15.5 Å². The van der Waals surface area contributed by atoms with Crippen molar-refractivity contribution in [1.82, 2.24) is 10.2 Å². The number of aliphatic hydroxyl groups is 1. The molecule has 0 amide bonds. The highest BCUT2D eigenvalue weighted by Crippen LogP contribution is 2.36. The van der Waals surface area contributed by atoms with E-state index in [1.807, 2.05) is 19.1 Å². The third-order valence-corrected chi connectivity index (χ3v) is 5.60. The van der Waals surface area contributed by atoms with E-state index in [1.165, 1.54) is 17.5 Å². The number of aliphatic hydroxyl groups excluding tert-OH is 1. The second-order valence-electron chi connectivity index (χ2n) is 7.62. The third kappa shape index (κ3) is 3.77. The fourth-order valence-corrected chi connectivity index (χ4v) is 4.07. The molecule has 0 unspecified atom stereocenters. The van der Waals surface area contributed by atoms with Crippen LogP contribution in [0, 0.1) is 6.92 Å². The number of ether oxygens (including phenoxy) is 1. The minimum Gasteiger partial charge on any atom is -0.507 e. The highest BCUT2D eigenvalue weighted by molar-refractivity contribution is 5.72. The average molecular weight is 369 g/mol.